The molecule has 1 aliphatic carbocycles. The first-order valence-electron chi connectivity index (χ1n) is 5.74. The van der Waals surface area contributed by atoms with Crippen molar-refractivity contribution < 1.29 is 4.43 Å². The van der Waals surface area contributed by atoms with Gasteiger partial charge in [0, 0.05) is 15.9 Å². The Labute approximate surface area is 102 Å². The van der Waals surface area contributed by atoms with Crippen molar-refractivity contribution >= 4 is 8.32 Å². The fourth-order valence-corrected chi connectivity index (χ4v) is 3.27. The van der Waals surface area contributed by atoms with E-state index < -0.39 is 8.32 Å². The Morgan fingerprint density at radius 2 is 1.76 bits per heavy atom. The van der Waals surface area contributed by atoms with Gasteiger partial charge in [-0.2, -0.15) is 0 Å². The number of azide groups is 2. The molecule has 0 N–H and O–H groups in total. The molecule has 0 aliphatic heterocycles. The molecule has 0 aromatic heterocycles. The zero-order valence-corrected chi connectivity index (χ0v) is 11.4. The zero-order chi connectivity index (χ0) is 12.9. The van der Waals surface area contributed by atoms with Gasteiger partial charge in [-0.05, 0) is 43.5 Å². The van der Waals surface area contributed by atoms with Gasteiger partial charge in [-0.25, -0.2) is 0 Å². The summed E-state index contributed by atoms with van der Waals surface area (Å²) in [7, 11) is -1.69. The van der Waals surface area contributed by atoms with Crippen LogP contribution < -0.4 is 0 Å². The van der Waals surface area contributed by atoms with Crippen molar-refractivity contribution in [1.82, 2.24) is 0 Å². The molecule has 0 saturated heterocycles. The normalized spacial score (nSPS) is 29.0. The quantitative estimate of drug-likeness (QED) is 0.324. The predicted molar refractivity (Wildman–Crippen MR) is 67.9 cm³/mol. The van der Waals surface area contributed by atoms with Gasteiger partial charge in [0.1, 0.15) is 0 Å². The summed E-state index contributed by atoms with van der Waals surface area (Å²) in [6.07, 6.45) is 2.46. The minimum Gasteiger partial charge on any atom is -0.414 e. The molecule has 3 atom stereocenters. The van der Waals surface area contributed by atoms with E-state index in [2.05, 4.69) is 39.7 Å². The SMILES string of the molecule is C[Si](C)(C)O[C@H]1CCC[C@@H](N=[N+]=[N-])[C@H]1N=[N+]=[N-]. The summed E-state index contributed by atoms with van der Waals surface area (Å²) in [4.78, 5) is 5.67. The van der Waals surface area contributed by atoms with E-state index in [0.29, 0.717) is 0 Å². The third-order valence-electron chi connectivity index (χ3n) is 2.65. The van der Waals surface area contributed by atoms with E-state index in [0.717, 1.165) is 19.3 Å². The van der Waals surface area contributed by atoms with E-state index in [9.17, 15) is 0 Å². The van der Waals surface area contributed by atoms with Gasteiger partial charge in [0.25, 0.3) is 0 Å². The summed E-state index contributed by atoms with van der Waals surface area (Å²) >= 11 is 0. The van der Waals surface area contributed by atoms with Crippen LogP contribution in [0.4, 0.5) is 0 Å². The van der Waals surface area contributed by atoms with E-state index in [4.69, 9.17) is 15.5 Å². The largest absolute Gasteiger partial charge is 0.414 e. The van der Waals surface area contributed by atoms with Crippen LogP contribution in [0.3, 0.4) is 0 Å². The van der Waals surface area contributed by atoms with Crippen LogP contribution in [0, 0.1) is 0 Å². The molecule has 17 heavy (non-hydrogen) atoms. The maximum Gasteiger partial charge on any atom is 0.184 e. The van der Waals surface area contributed by atoms with Gasteiger partial charge in [0.2, 0.25) is 0 Å². The number of hydrogen-bond donors (Lipinski definition) is 0. The highest BCUT2D eigenvalue weighted by Gasteiger charge is 2.35. The minimum atomic E-state index is -1.69. The number of hydrogen-bond acceptors (Lipinski definition) is 3. The highest BCUT2D eigenvalue weighted by molar-refractivity contribution is 6.69. The van der Waals surface area contributed by atoms with Crippen LogP contribution in [0.25, 0.3) is 20.9 Å². The average molecular weight is 254 g/mol. The van der Waals surface area contributed by atoms with Crippen molar-refractivity contribution in [1.29, 1.82) is 0 Å². The lowest BCUT2D eigenvalue weighted by Gasteiger charge is -2.36. The molecule has 0 heterocycles. The van der Waals surface area contributed by atoms with Gasteiger partial charge in [-0.15, -0.1) is 0 Å². The summed E-state index contributed by atoms with van der Waals surface area (Å²) in [5.74, 6) is 0. The average Bonchev–Trinajstić information content (AvgIpc) is 2.21. The van der Waals surface area contributed by atoms with Crippen molar-refractivity contribution in [2.45, 2.75) is 57.1 Å². The smallest absolute Gasteiger partial charge is 0.184 e. The molecule has 0 aromatic rings. The number of nitrogens with zero attached hydrogens (tertiary/aromatic N) is 6. The van der Waals surface area contributed by atoms with Gasteiger partial charge in [-0.1, -0.05) is 16.6 Å². The Morgan fingerprint density at radius 1 is 1.12 bits per heavy atom. The number of rotatable bonds is 4. The molecule has 0 bridgehead atoms. The molecular formula is C9H18N6OSi. The lowest BCUT2D eigenvalue weighted by molar-refractivity contribution is 0.114. The fourth-order valence-electron chi connectivity index (χ4n) is 2.10. The maximum atomic E-state index is 8.60. The molecule has 0 radical (unpaired) electrons. The molecule has 94 valence electrons. The summed E-state index contributed by atoms with van der Waals surface area (Å²) in [6.45, 7) is 6.28. The second kappa shape index (κ2) is 5.93. The summed E-state index contributed by atoms with van der Waals surface area (Å²) < 4.78 is 6.01. The molecule has 1 saturated carbocycles. The monoisotopic (exact) mass is 254 g/mol. The van der Waals surface area contributed by atoms with Gasteiger partial charge >= 0.3 is 0 Å². The Hall–Kier alpha value is -1.20. The first kappa shape index (κ1) is 13.9. The topological polar surface area (TPSA) is 107 Å². The molecule has 0 unspecified atom stereocenters. The van der Waals surface area contributed by atoms with Crippen LogP contribution in [-0.4, -0.2) is 26.5 Å². The molecule has 0 aromatic carbocycles. The molecule has 0 amide bonds. The van der Waals surface area contributed by atoms with Crippen molar-refractivity contribution in [2.24, 2.45) is 10.2 Å². The first-order chi connectivity index (χ1) is 7.98. The van der Waals surface area contributed by atoms with Gasteiger partial charge in [-0.3, -0.25) is 0 Å². The third-order valence-corrected chi connectivity index (χ3v) is 3.66. The maximum absolute atomic E-state index is 8.60. The zero-order valence-electron chi connectivity index (χ0n) is 10.4. The molecule has 1 rings (SSSR count). The van der Waals surface area contributed by atoms with Crippen molar-refractivity contribution in [3.63, 3.8) is 0 Å². The third kappa shape index (κ3) is 4.28. The van der Waals surface area contributed by atoms with Crippen molar-refractivity contribution in [2.75, 3.05) is 0 Å². The molecule has 1 aliphatic rings. The van der Waals surface area contributed by atoms with E-state index in [1.54, 1.807) is 0 Å². The van der Waals surface area contributed by atoms with Gasteiger partial charge in [0.05, 0.1) is 12.1 Å². The van der Waals surface area contributed by atoms with Gasteiger partial charge < -0.3 is 4.43 Å². The van der Waals surface area contributed by atoms with Crippen LogP contribution in [0.2, 0.25) is 19.6 Å². The van der Waals surface area contributed by atoms with Crippen molar-refractivity contribution in [3.8, 4) is 0 Å². The first-order valence-corrected chi connectivity index (χ1v) is 9.15. The molecule has 8 heteroatoms. The van der Waals surface area contributed by atoms with Crippen LogP contribution in [0.5, 0.6) is 0 Å². The molecule has 0 spiro atoms. The van der Waals surface area contributed by atoms with Gasteiger partial charge in [0.15, 0.2) is 8.32 Å². The Balaban J connectivity index is 2.86. The highest BCUT2D eigenvalue weighted by Crippen LogP contribution is 2.29. The van der Waals surface area contributed by atoms with E-state index in [1.807, 2.05) is 0 Å². The summed E-state index contributed by atoms with van der Waals surface area (Å²) in [5, 5.41) is 7.48. The Kier molecular flexibility index (Phi) is 4.83. The minimum absolute atomic E-state index is 0.109. The lowest BCUT2D eigenvalue weighted by atomic mass is 9.89. The Morgan fingerprint density at radius 3 is 2.29 bits per heavy atom. The van der Waals surface area contributed by atoms with Crippen LogP contribution in [0.1, 0.15) is 19.3 Å². The van der Waals surface area contributed by atoms with Crippen molar-refractivity contribution in [3.05, 3.63) is 20.9 Å². The second-order valence-electron chi connectivity index (χ2n) is 5.17. The fraction of sp³-hybridized carbons (Fsp3) is 1.00. The molecule has 7 nitrogen and oxygen atoms in total. The molecule has 1 fully saturated rings. The standard InChI is InChI=1S/C9H18N6OSi/c1-17(2,3)16-8-6-4-5-7(12-14-10)9(8)13-15-11/h7-9H,4-6H2,1-3H3/t7-,8+,9-/m1/s1. The summed E-state index contributed by atoms with van der Waals surface area (Å²) in [5.41, 5.74) is 17.1. The van der Waals surface area contributed by atoms with Crippen LogP contribution in [-0.2, 0) is 4.43 Å². The second-order valence-corrected chi connectivity index (χ2v) is 9.63. The summed E-state index contributed by atoms with van der Waals surface area (Å²) in [6, 6.07) is -0.637. The van der Waals surface area contributed by atoms with E-state index in [1.165, 1.54) is 0 Å². The molecular weight excluding hydrogens is 236 g/mol. The van der Waals surface area contributed by atoms with Crippen LogP contribution in [0.15, 0.2) is 10.2 Å². The Bertz CT molecular complexity index is 355. The van der Waals surface area contributed by atoms with Crippen LogP contribution >= 0.6 is 0 Å². The highest BCUT2D eigenvalue weighted by atomic mass is 28.4. The lowest BCUT2D eigenvalue weighted by Crippen LogP contribution is -2.45. The predicted octanol–water partition coefficient (Wildman–Crippen LogP) is 3.75. The van der Waals surface area contributed by atoms with E-state index >= 15 is 0 Å². The van der Waals surface area contributed by atoms with E-state index in [-0.39, 0.29) is 18.2 Å².